The molecule has 0 saturated heterocycles. The van der Waals surface area contributed by atoms with Crippen LogP contribution in [0.2, 0.25) is 0 Å². The van der Waals surface area contributed by atoms with Gasteiger partial charge in [-0.1, -0.05) is 0 Å². The van der Waals surface area contributed by atoms with E-state index in [0.29, 0.717) is 12.8 Å². The second-order valence-corrected chi connectivity index (χ2v) is 6.18. The van der Waals surface area contributed by atoms with Crippen LogP contribution in [-0.4, -0.2) is 32.0 Å². The fourth-order valence-corrected chi connectivity index (χ4v) is 3.05. The second kappa shape index (κ2) is 5.23. The van der Waals surface area contributed by atoms with E-state index in [4.69, 9.17) is 5.11 Å². The molecule has 1 aliphatic carbocycles. The fourth-order valence-electron chi connectivity index (χ4n) is 1.79. The van der Waals surface area contributed by atoms with Crippen LogP contribution in [0.15, 0.2) is 29.2 Å². The zero-order chi connectivity index (χ0) is 15.0. The number of halogens is 3. The van der Waals surface area contributed by atoms with E-state index in [-0.39, 0.29) is 10.9 Å². The van der Waals surface area contributed by atoms with Crippen molar-refractivity contribution in [2.24, 2.45) is 0 Å². The molecule has 0 unspecified atom stereocenters. The third kappa shape index (κ3) is 3.84. The monoisotopic (exact) mass is 311 g/mol. The van der Waals surface area contributed by atoms with Gasteiger partial charge in [-0.25, -0.2) is 13.1 Å². The topological polar surface area (TPSA) is 75.6 Å². The SMILES string of the molecule is O=S(=O)(NC1CC(O)C1)c1ccc(OC(F)(F)F)cc1. The van der Waals surface area contributed by atoms with E-state index in [1.165, 1.54) is 0 Å². The molecule has 9 heteroatoms. The predicted octanol–water partition coefficient (Wildman–Crippen LogP) is 1.39. The Bertz CT molecular complexity index is 564. The smallest absolute Gasteiger partial charge is 0.406 e. The Hall–Kier alpha value is -1.32. The van der Waals surface area contributed by atoms with Gasteiger partial charge in [0.25, 0.3) is 0 Å². The molecule has 112 valence electrons. The van der Waals surface area contributed by atoms with Gasteiger partial charge in [0, 0.05) is 6.04 Å². The van der Waals surface area contributed by atoms with Crippen molar-refractivity contribution in [1.29, 1.82) is 0 Å². The van der Waals surface area contributed by atoms with Gasteiger partial charge in [0.1, 0.15) is 5.75 Å². The van der Waals surface area contributed by atoms with Crippen molar-refractivity contribution in [3.05, 3.63) is 24.3 Å². The van der Waals surface area contributed by atoms with E-state index in [9.17, 15) is 21.6 Å². The Balaban J connectivity index is 2.05. The summed E-state index contributed by atoms with van der Waals surface area (Å²) in [6, 6.07) is 3.56. The minimum atomic E-state index is -4.82. The van der Waals surface area contributed by atoms with Gasteiger partial charge < -0.3 is 9.84 Å². The minimum absolute atomic E-state index is 0.159. The zero-order valence-electron chi connectivity index (χ0n) is 10.1. The Kier molecular flexibility index (Phi) is 3.94. The van der Waals surface area contributed by atoms with E-state index >= 15 is 0 Å². The predicted molar refractivity (Wildman–Crippen MR) is 62.5 cm³/mol. The molecule has 1 aromatic rings. The third-order valence-electron chi connectivity index (χ3n) is 2.80. The van der Waals surface area contributed by atoms with Gasteiger partial charge in [0.15, 0.2) is 0 Å². The number of aliphatic hydroxyl groups excluding tert-OH is 1. The molecule has 0 spiro atoms. The highest BCUT2D eigenvalue weighted by Crippen LogP contribution is 2.25. The van der Waals surface area contributed by atoms with Gasteiger partial charge >= 0.3 is 6.36 Å². The summed E-state index contributed by atoms with van der Waals surface area (Å²) in [6.07, 6.45) is -4.67. The summed E-state index contributed by atoms with van der Waals surface area (Å²) in [6.45, 7) is 0. The van der Waals surface area contributed by atoms with E-state index in [0.717, 1.165) is 24.3 Å². The van der Waals surface area contributed by atoms with E-state index in [1.807, 2.05) is 0 Å². The first kappa shape index (κ1) is 15.1. The summed E-state index contributed by atoms with van der Waals surface area (Å²) in [4.78, 5) is -0.159. The Morgan fingerprint density at radius 1 is 1.20 bits per heavy atom. The molecule has 20 heavy (non-hydrogen) atoms. The first-order chi connectivity index (χ1) is 9.16. The van der Waals surface area contributed by atoms with Crippen molar-refractivity contribution in [2.45, 2.75) is 36.2 Å². The van der Waals surface area contributed by atoms with Crippen molar-refractivity contribution >= 4 is 10.0 Å². The van der Waals surface area contributed by atoms with E-state index < -0.39 is 28.2 Å². The highest BCUT2D eigenvalue weighted by atomic mass is 32.2. The highest BCUT2D eigenvalue weighted by Gasteiger charge is 2.32. The normalized spacial score (nSPS) is 23.2. The number of benzene rings is 1. The molecule has 1 aromatic carbocycles. The average Bonchev–Trinajstić information content (AvgIpc) is 2.25. The standard InChI is InChI=1S/C11H12F3NO4S/c12-11(13,14)19-9-1-3-10(4-2-9)20(17,18)15-7-5-8(16)6-7/h1-4,7-8,15-16H,5-6H2. The average molecular weight is 311 g/mol. The van der Waals surface area contributed by atoms with Crippen LogP contribution in [0.1, 0.15) is 12.8 Å². The van der Waals surface area contributed by atoms with Crippen LogP contribution in [0, 0.1) is 0 Å². The van der Waals surface area contributed by atoms with Gasteiger partial charge in [0.2, 0.25) is 10.0 Å². The third-order valence-corrected chi connectivity index (χ3v) is 4.34. The van der Waals surface area contributed by atoms with Crippen LogP contribution >= 0.6 is 0 Å². The maximum Gasteiger partial charge on any atom is 0.573 e. The Labute approximate surface area is 113 Å². The number of aliphatic hydroxyl groups is 1. The lowest BCUT2D eigenvalue weighted by Gasteiger charge is -2.31. The zero-order valence-corrected chi connectivity index (χ0v) is 10.9. The van der Waals surface area contributed by atoms with Gasteiger partial charge in [-0.15, -0.1) is 13.2 Å². The molecule has 1 aliphatic rings. The molecule has 1 saturated carbocycles. The molecule has 0 radical (unpaired) electrons. The molecule has 0 heterocycles. The van der Waals surface area contributed by atoms with Crippen molar-refractivity contribution in [3.63, 3.8) is 0 Å². The Morgan fingerprint density at radius 2 is 1.75 bits per heavy atom. The fraction of sp³-hybridized carbons (Fsp3) is 0.455. The summed E-state index contributed by atoms with van der Waals surface area (Å²) in [5.74, 6) is -0.490. The summed E-state index contributed by atoms with van der Waals surface area (Å²) >= 11 is 0. The molecule has 0 bridgehead atoms. The summed E-state index contributed by atoms with van der Waals surface area (Å²) in [7, 11) is -3.80. The van der Waals surface area contributed by atoms with Crippen molar-refractivity contribution in [1.82, 2.24) is 4.72 Å². The number of hydrogen-bond donors (Lipinski definition) is 2. The largest absolute Gasteiger partial charge is 0.573 e. The van der Waals surface area contributed by atoms with Gasteiger partial charge in [-0.2, -0.15) is 0 Å². The number of nitrogens with one attached hydrogen (secondary N) is 1. The number of alkyl halides is 3. The molecule has 0 atom stereocenters. The minimum Gasteiger partial charge on any atom is -0.406 e. The molecule has 5 nitrogen and oxygen atoms in total. The number of hydrogen-bond acceptors (Lipinski definition) is 4. The van der Waals surface area contributed by atoms with Crippen LogP contribution in [-0.2, 0) is 10.0 Å². The van der Waals surface area contributed by atoms with Crippen LogP contribution in [0.25, 0.3) is 0 Å². The number of rotatable bonds is 4. The lowest BCUT2D eigenvalue weighted by atomic mass is 9.91. The molecular weight excluding hydrogens is 299 g/mol. The van der Waals surface area contributed by atoms with E-state index in [1.54, 1.807) is 0 Å². The quantitative estimate of drug-likeness (QED) is 0.881. The lowest BCUT2D eigenvalue weighted by Crippen LogP contribution is -2.46. The van der Waals surface area contributed by atoms with Gasteiger partial charge in [-0.05, 0) is 37.1 Å². The molecule has 2 N–H and O–H groups in total. The first-order valence-electron chi connectivity index (χ1n) is 5.72. The van der Waals surface area contributed by atoms with Crippen molar-refractivity contribution in [2.75, 3.05) is 0 Å². The van der Waals surface area contributed by atoms with Crippen molar-refractivity contribution in [3.8, 4) is 5.75 Å². The summed E-state index contributed by atoms with van der Waals surface area (Å²) < 4.78 is 65.7. The van der Waals surface area contributed by atoms with Crippen LogP contribution < -0.4 is 9.46 Å². The molecular formula is C11H12F3NO4S. The van der Waals surface area contributed by atoms with E-state index in [2.05, 4.69) is 9.46 Å². The summed E-state index contributed by atoms with van der Waals surface area (Å²) in [5, 5.41) is 9.07. The number of sulfonamides is 1. The lowest BCUT2D eigenvalue weighted by molar-refractivity contribution is -0.274. The van der Waals surface area contributed by atoms with Gasteiger partial charge in [0.05, 0.1) is 11.0 Å². The van der Waals surface area contributed by atoms with Crippen molar-refractivity contribution < 1.29 is 31.4 Å². The highest BCUT2D eigenvalue weighted by molar-refractivity contribution is 7.89. The molecule has 1 fully saturated rings. The molecule has 0 aromatic heterocycles. The molecule has 2 rings (SSSR count). The van der Waals surface area contributed by atoms with Crippen LogP contribution in [0.3, 0.4) is 0 Å². The maximum absolute atomic E-state index is 12.0. The van der Waals surface area contributed by atoms with Crippen LogP contribution in [0.4, 0.5) is 13.2 Å². The number of ether oxygens (including phenoxy) is 1. The molecule has 0 aliphatic heterocycles. The second-order valence-electron chi connectivity index (χ2n) is 4.46. The summed E-state index contributed by atoms with van der Waals surface area (Å²) in [5.41, 5.74) is 0. The van der Waals surface area contributed by atoms with Crippen LogP contribution in [0.5, 0.6) is 5.75 Å². The molecule has 0 amide bonds. The first-order valence-corrected chi connectivity index (χ1v) is 7.20. The Morgan fingerprint density at radius 3 is 2.20 bits per heavy atom. The van der Waals surface area contributed by atoms with Gasteiger partial charge in [-0.3, -0.25) is 0 Å². The maximum atomic E-state index is 12.0.